The van der Waals surface area contributed by atoms with Gasteiger partial charge in [-0.3, -0.25) is 4.79 Å². The van der Waals surface area contributed by atoms with E-state index in [4.69, 9.17) is 23.7 Å². The molecule has 274 valence electrons. The molecule has 2 saturated carbocycles. The lowest BCUT2D eigenvalue weighted by molar-refractivity contribution is -0.269. The molecule has 1 aromatic heterocycles. The largest absolute Gasteiger partial charge is 0.463 e. The first-order valence-electron chi connectivity index (χ1n) is 18.7. The number of carbonyl (C=O) groups excluding carboxylic acids is 1. The number of aromatic amines is 1. The molecule has 50 heavy (non-hydrogen) atoms. The van der Waals surface area contributed by atoms with Gasteiger partial charge in [0.25, 0.3) is 0 Å². The first-order chi connectivity index (χ1) is 24.0. The smallest absolute Gasteiger partial charge is 0.351 e. The number of methoxy groups -OCH3 is 2. The fourth-order valence-corrected chi connectivity index (χ4v) is 10.8. The molecule has 2 aromatic rings. The van der Waals surface area contributed by atoms with Crippen LogP contribution >= 0.6 is 0 Å². The topological polar surface area (TPSA) is 123 Å². The molecule has 4 fully saturated rings. The molecule has 5 aliphatic rings. The molecule has 10 atom stereocenters. The number of H-pyrrole nitrogens is 1. The Morgan fingerprint density at radius 3 is 2.50 bits per heavy atom. The molecule has 0 amide bonds. The lowest BCUT2D eigenvalue weighted by Crippen LogP contribution is -2.50. The van der Waals surface area contributed by atoms with Gasteiger partial charge in [0.1, 0.15) is 6.10 Å². The minimum Gasteiger partial charge on any atom is -0.463 e. The number of carbonyl (C=O) groups is 1. The van der Waals surface area contributed by atoms with Crippen molar-refractivity contribution in [3.05, 3.63) is 62.4 Å². The lowest BCUT2D eigenvalue weighted by Gasteiger charge is -2.56. The van der Waals surface area contributed by atoms with Gasteiger partial charge in [-0.1, -0.05) is 44.5 Å². The summed E-state index contributed by atoms with van der Waals surface area (Å²) in [6.07, 6.45) is 7.58. The maximum atomic E-state index is 13.9. The van der Waals surface area contributed by atoms with E-state index in [1.807, 2.05) is 18.2 Å². The number of fused-ring (bicyclic) bond motifs is 2. The van der Waals surface area contributed by atoms with Crippen LogP contribution in [0.1, 0.15) is 85.5 Å². The van der Waals surface area contributed by atoms with Gasteiger partial charge in [-0.05, 0) is 91.7 Å². The van der Waals surface area contributed by atoms with Gasteiger partial charge in [0, 0.05) is 45.8 Å². The zero-order chi connectivity index (χ0) is 35.4. The summed E-state index contributed by atoms with van der Waals surface area (Å²) in [5.41, 5.74) is 2.23. The second-order valence-corrected chi connectivity index (χ2v) is 16.1. The van der Waals surface area contributed by atoms with E-state index in [9.17, 15) is 14.4 Å². The number of esters is 1. The Morgan fingerprint density at radius 2 is 1.82 bits per heavy atom. The van der Waals surface area contributed by atoms with Crippen LogP contribution in [0.5, 0.6) is 0 Å². The van der Waals surface area contributed by atoms with Crippen LogP contribution in [-0.2, 0) is 35.0 Å². The molecule has 1 spiro atoms. The summed E-state index contributed by atoms with van der Waals surface area (Å²) in [4.78, 5) is 39.1. The summed E-state index contributed by atoms with van der Waals surface area (Å²) in [7, 11) is 3.41. The zero-order valence-electron chi connectivity index (χ0n) is 30.5. The van der Waals surface area contributed by atoms with Gasteiger partial charge in [-0.2, -0.15) is 0 Å². The van der Waals surface area contributed by atoms with Crippen molar-refractivity contribution in [3.63, 3.8) is 0 Å². The molecule has 3 heterocycles. The van der Waals surface area contributed by atoms with Crippen LogP contribution in [-0.4, -0.2) is 65.4 Å². The monoisotopic (exact) mass is 693 g/mol. The van der Waals surface area contributed by atoms with Gasteiger partial charge in [0.2, 0.25) is 0 Å². The standard InChI is InChI=1S/C39H55N3O8/c1-23-14-17-39(48-22-23)24(2)35-31(21-41-37(45)42(36(44)40-41)27-10-8-7-9-11-27)30(19-33(35)50-39)29-13-12-26-18-28(49-25(3)43)15-16-38(26,4)32(29)20-34(46-5)47-6/h7-11,23-24,26,28-29,32-35H,12-22H2,1-6H3,(H,40,44)/t23-,24+,26+,28+,29+,32+,33+,35-,38+,39-/m1/s1. The van der Waals surface area contributed by atoms with Gasteiger partial charge in [-0.25, -0.2) is 23.9 Å². The normalized spacial score (nSPS) is 36.9. The predicted molar refractivity (Wildman–Crippen MR) is 187 cm³/mol. The van der Waals surface area contributed by atoms with E-state index >= 15 is 0 Å². The second-order valence-electron chi connectivity index (χ2n) is 16.1. The van der Waals surface area contributed by atoms with E-state index in [2.05, 4.69) is 25.9 Å². The van der Waals surface area contributed by atoms with Crippen LogP contribution in [0.15, 0.2) is 51.1 Å². The highest BCUT2D eigenvalue weighted by Crippen LogP contribution is 2.62. The molecule has 0 radical (unpaired) electrons. The number of nitrogens with one attached hydrogen (secondary N) is 1. The quantitative estimate of drug-likeness (QED) is 0.205. The summed E-state index contributed by atoms with van der Waals surface area (Å²) < 4.78 is 33.7. The lowest BCUT2D eigenvalue weighted by atomic mass is 9.50. The van der Waals surface area contributed by atoms with E-state index in [0.717, 1.165) is 57.8 Å². The predicted octanol–water partition coefficient (Wildman–Crippen LogP) is 5.59. The highest BCUT2D eigenvalue weighted by atomic mass is 16.7. The van der Waals surface area contributed by atoms with Crippen LogP contribution in [0.3, 0.4) is 0 Å². The summed E-state index contributed by atoms with van der Waals surface area (Å²) in [6, 6.07) is 9.07. The number of hydrogen-bond acceptors (Lipinski definition) is 8. The molecule has 2 aliphatic heterocycles. The number of aromatic nitrogens is 3. The highest BCUT2D eigenvalue weighted by Gasteiger charge is 2.60. The van der Waals surface area contributed by atoms with Gasteiger partial charge in [0.05, 0.1) is 24.9 Å². The molecular weight excluding hydrogens is 638 g/mol. The zero-order valence-corrected chi connectivity index (χ0v) is 30.5. The van der Waals surface area contributed by atoms with Crippen molar-refractivity contribution >= 4 is 5.97 Å². The summed E-state index contributed by atoms with van der Waals surface area (Å²) >= 11 is 0. The van der Waals surface area contributed by atoms with E-state index in [1.165, 1.54) is 27.3 Å². The third kappa shape index (κ3) is 6.16. The Bertz CT molecular complexity index is 1680. The summed E-state index contributed by atoms with van der Waals surface area (Å²) in [5.74, 6) is 0.626. The minimum atomic E-state index is -0.637. The molecule has 7 rings (SSSR count). The summed E-state index contributed by atoms with van der Waals surface area (Å²) in [6.45, 7) is 9.36. The van der Waals surface area contributed by atoms with Crippen molar-refractivity contribution in [1.82, 2.24) is 14.3 Å². The number of nitrogens with zero attached hydrogens (tertiary/aromatic N) is 2. The second kappa shape index (κ2) is 13.9. The van der Waals surface area contributed by atoms with Crippen molar-refractivity contribution in [2.45, 2.75) is 116 Å². The SMILES string of the molecule is COC(C[C@H]1[C@H](C2=C(Cn3[nH]c(=O)n(-c4ccccc4)c3=O)[C@@H]3[C@H](C2)O[C@]2(CC[C@@H](C)CO2)[C@H]3C)CC[C@H]2C[C@@H](OC(C)=O)CC[C@@]21C)OC. The average molecular weight is 694 g/mol. The Morgan fingerprint density at radius 1 is 1.06 bits per heavy atom. The van der Waals surface area contributed by atoms with Crippen molar-refractivity contribution in [3.8, 4) is 5.69 Å². The molecule has 3 aliphatic carbocycles. The number of ether oxygens (including phenoxy) is 5. The van der Waals surface area contributed by atoms with Crippen LogP contribution in [0, 0.1) is 40.9 Å². The van der Waals surface area contributed by atoms with Gasteiger partial charge >= 0.3 is 17.3 Å². The summed E-state index contributed by atoms with van der Waals surface area (Å²) in [5, 5.41) is 2.89. The van der Waals surface area contributed by atoms with Crippen LogP contribution < -0.4 is 11.4 Å². The average Bonchev–Trinajstić information content (AvgIpc) is 3.68. The van der Waals surface area contributed by atoms with Gasteiger partial charge < -0.3 is 23.7 Å². The third-order valence-electron chi connectivity index (χ3n) is 13.4. The van der Waals surface area contributed by atoms with E-state index in [1.54, 1.807) is 26.4 Å². The molecule has 11 heteroatoms. The molecule has 0 unspecified atom stereocenters. The van der Waals surface area contributed by atoms with E-state index < -0.39 is 11.5 Å². The highest BCUT2D eigenvalue weighted by molar-refractivity contribution is 5.66. The number of rotatable bonds is 9. The maximum absolute atomic E-state index is 13.9. The van der Waals surface area contributed by atoms with Crippen LogP contribution in [0.4, 0.5) is 0 Å². The molecule has 1 aromatic carbocycles. The van der Waals surface area contributed by atoms with Gasteiger partial charge in [0.15, 0.2) is 12.1 Å². The van der Waals surface area contributed by atoms with Crippen LogP contribution in [0.25, 0.3) is 5.69 Å². The number of para-hydroxylation sites is 1. The van der Waals surface area contributed by atoms with Crippen molar-refractivity contribution in [2.24, 2.45) is 40.9 Å². The van der Waals surface area contributed by atoms with Crippen LogP contribution in [0.2, 0.25) is 0 Å². The first-order valence-corrected chi connectivity index (χ1v) is 18.7. The minimum absolute atomic E-state index is 0.0250. The maximum Gasteiger partial charge on any atom is 0.351 e. The van der Waals surface area contributed by atoms with Crippen molar-refractivity contribution < 1.29 is 28.5 Å². The van der Waals surface area contributed by atoms with E-state index in [-0.39, 0.29) is 59.2 Å². The Kier molecular flexibility index (Phi) is 9.82. The Hall–Kier alpha value is -2.99. The van der Waals surface area contributed by atoms with Gasteiger partial charge in [-0.15, -0.1) is 0 Å². The molecular formula is C39H55N3O8. The fourth-order valence-electron chi connectivity index (χ4n) is 10.8. The van der Waals surface area contributed by atoms with Crippen molar-refractivity contribution in [1.29, 1.82) is 0 Å². The third-order valence-corrected chi connectivity index (χ3v) is 13.4. The van der Waals surface area contributed by atoms with Crippen molar-refractivity contribution in [2.75, 3.05) is 20.8 Å². The first kappa shape index (κ1) is 35.4. The molecule has 1 N–H and O–H groups in total. The molecule has 0 bridgehead atoms. The number of benzene rings is 1. The Labute approximate surface area is 294 Å². The number of hydrogen-bond donors (Lipinski definition) is 1. The Balaban J connectivity index is 1.30. The molecule has 11 nitrogen and oxygen atoms in total. The van der Waals surface area contributed by atoms with E-state index in [0.29, 0.717) is 30.7 Å². The fraction of sp³-hybridized carbons (Fsp3) is 0.718. The molecule has 2 saturated heterocycles.